The number of para-hydroxylation sites is 1. The van der Waals surface area contributed by atoms with Crippen molar-refractivity contribution in [3.8, 4) is 11.5 Å². The van der Waals surface area contributed by atoms with E-state index in [0.29, 0.717) is 31.1 Å². The second kappa shape index (κ2) is 8.49. The highest BCUT2D eigenvalue weighted by atomic mass is 32.2. The number of nitrogens with zero attached hydrogens (tertiary/aromatic N) is 5. The largest absolute Gasteiger partial charge is 0.419 e. The molecular weight excluding hydrogens is 429 g/mol. The van der Waals surface area contributed by atoms with Crippen LogP contribution in [-0.4, -0.2) is 58.9 Å². The lowest BCUT2D eigenvalue weighted by atomic mass is 10.2. The summed E-state index contributed by atoms with van der Waals surface area (Å²) in [6.45, 7) is 1.47. The van der Waals surface area contributed by atoms with Crippen LogP contribution in [0.15, 0.2) is 57.8 Å². The smallest absolute Gasteiger partial charge is 0.289 e. The first-order valence-electron chi connectivity index (χ1n) is 9.39. The highest BCUT2D eigenvalue weighted by Gasteiger charge is 2.33. The van der Waals surface area contributed by atoms with Crippen LogP contribution in [0.5, 0.6) is 0 Å². The number of aromatic nitrogens is 2. The van der Waals surface area contributed by atoms with E-state index in [2.05, 4.69) is 10.2 Å². The second-order valence-corrected chi connectivity index (χ2v) is 8.82. The van der Waals surface area contributed by atoms with Crippen LogP contribution in [0.2, 0.25) is 0 Å². The highest BCUT2D eigenvalue weighted by molar-refractivity contribution is 7.89. The van der Waals surface area contributed by atoms with Gasteiger partial charge in [0.1, 0.15) is 5.82 Å². The molecule has 2 heterocycles. The van der Waals surface area contributed by atoms with Crippen LogP contribution in [-0.2, 0) is 16.6 Å². The van der Waals surface area contributed by atoms with E-state index in [9.17, 15) is 22.9 Å². The normalized spacial score (nSPS) is 15.8. The maximum Gasteiger partial charge on any atom is 0.289 e. The summed E-state index contributed by atoms with van der Waals surface area (Å²) in [6.07, 6.45) is 0. The van der Waals surface area contributed by atoms with Gasteiger partial charge in [-0.2, -0.15) is 4.31 Å². The molecule has 162 valence electrons. The first-order chi connectivity index (χ1) is 14.8. The molecule has 0 N–H and O–H groups in total. The number of halogens is 1. The van der Waals surface area contributed by atoms with Gasteiger partial charge in [-0.15, -0.1) is 10.2 Å². The molecule has 10 nitrogen and oxygen atoms in total. The molecule has 1 saturated heterocycles. The number of rotatable bonds is 6. The Balaban J connectivity index is 1.40. The standard InChI is InChI=1S/C19H18FN5O5S/c20-15-7-5-14(6-8-15)19-22-21-18(30-19)13-23-9-11-24(12-10-23)31(28,29)17-4-2-1-3-16(17)25(26)27/h1-8H,9-13H2. The van der Waals surface area contributed by atoms with Crippen molar-refractivity contribution in [3.05, 3.63) is 70.4 Å². The van der Waals surface area contributed by atoms with Gasteiger partial charge in [0.25, 0.3) is 5.69 Å². The Hall–Kier alpha value is -3.22. The fourth-order valence-electron chi connectivity index (χ4n) is 3.31. The van der Waals surface area contributed by atoms with Crippen molar-refractivity contribution < 1.29 is 22.1 Å². The Kier molecular flexibility index (Phi) is 5.76. The zero-order valence-corrected chi connectivity index (χ0v) is 17.0. The average molecular weight is 447 g/mol. The molecule has 2 aromatic carbocycles. The van der Waals surface area contributed by atoms with Gasteiger partial charge in [-0.25, -0.2) is 12.8 Å². The van der Waals surface area contributed by atoms with E-state index in [1.807, 2.05) is 4.90 Å². The summed E-state index contributed by atoms with van der Waals surface area (Å²) in [6, 6.07) is 11.0. The Bertz CT molecular complexity index is 1190. The van der Waals surface area contributed by atoms with Gasteiger partial charge in [-0.1, -0.05) is 12.1 Å². The van der Waals surface area contributed by atoms with E-state index in [1.165, 1.54) is 40.7 Å². The van der Waals surface area contributed by atoms with Crippen molar-refractivity contribution in [2.75, 3.05) is 26.2 Å². The Morgan fingerprint density at radius 1 is 1.03 bits per heavy atom. The van der Waals surface area contributed by atoms with Gasteiger partial charge in [0.15, 0.2) is 4.90 Å². The molecule has 0 bridgehead atoms. The number of sulfonamides is 1. The van der Waals surface area contributed by atoms with Crippen molar-refractivity contribution in [3.63, 3.8) is 0 Å². The van der Waals surface area contributed by atoms with Crippen LogP contribution < -0.4 is 0 Å². The summed E-state index contributed by atoms with van der Waals surface area (Å²) in [7, 11) is -3.99. The van der Waals surface area contributed by atoms with E-state index in [0.717, 1.165) is 0 Å². The minimum atomic E-state index is -3.99. The topological polar surface area (TPSA) is 123 Å². The third-order valence-electron chi connectivity index (χ3n) is 4.93. The molecule has 31 heavy (non-hydrogen) atoms. The van der Waals surface area contributed by atoms with Gasteiger partial charge in [0.2, 0.25) is 21.8 Å². The molecule has 0 amide bonds. The molecule has 0 radical (unpaired) electrons. The SMILES string of the molecule is O=[N+]([O-])c1ccccc1S(=O)(=O)N1CCN(Cc2nnc(-c3ccc(F)cc3)o2)CC1. The van der Waals surface area contributed by atoms with Gasteiger partial charge in [-0.05, 0) is 30.3 Å². The van der Waals surface area contributed by atoms with Crippen molar-refractivity contribution >= 4 is 15.7 Å². The fourth-order valence-corrected chi connectivity index (χ4v) is 4.89. The number of piperazine rings is 1. The van der Waals surface area contributed by atoms with Crippen LogP contribution in [0.3, 0.4) is 0 Å². The monoisotopic (exact) mass is 447 g/mol. The van der Waals surface area contributed by atoms with E-state index in [-0.39, 0.29) is 29.7 Å². The number of nitro benzene ring substituents is 1. The van der Waals surface area contributed by atoms with Crippen molar-refractivity contribution in [1.29, 1.82) is 0 Å². The minimum absolute atomic E-state index is 0.174. The molecule has 1 aliphatic rings. The molecule has 0 spiro atoms. The van der Waals surface area contributed by atoms with Gasteiger partial charge in [-0.3, -0.25) is 15.0 Å². The molecular formula is C19H18FN5O5S. The van der Waals surface area contributed by atoms with E-state index < -0.39 is 20.6 Å². The predicted octanol–water partition coefficient (Wildman–Crippen LogP) is 2.29. The summed E-state index contributed by atoms with van der Waals surface area (Å²) in [5.41, 5.74) is 0.157. The highest BCUT2D eigenvalue weighted by Crippen LogP contribution is 2.27. The summed E-state index contributed by atoms with van der Waals surface area (Å²) in [5, 5.41) is 19.2. The van der Waals surface area contributed by atoms with E-state index in [1.54, 1.807) is 12.1 Å². The van der Waals surface area contributed by atoms with E-state index in [4.69, 9.17) is 4.42 Å². The quantitative estimate of drug-likeness (QED) is 0.417. The summed E-state index contributed by atoms with van der Waals surface area (Å²) in [5.74, 6) is 0.263. The minimum Gasteiger partial charge on any atom is -0.419 e. The second-order valence-electron chi connectivity index (χ2n) is 6.91. The molecule has 4 rings (SSSR count). The van der Waals surface area contributed by atoms with Crippen molar-refractivity contribution in [2.45, 2.75) is 11.4 Å². The molecule has 0 atom stereocenters. The van der Waals surface area contributed by atoms with Gasteiger partial charge in [0, 0.05) is 37.8 Å². The lowest BCUT2D eigenvalue weighted by molar-refractivity contribution is -0.387. The van der Waals surface area contributed by atoms with Crippen LogP contribution in [0.1, 0.15) is 5.89 Å². The molecule has 12 heteroatoms. The fraction of sp³-hybridized carbons (Fsp3) is 0.263. The summed E-state index contributed by atoms with van der Waals surface area (Å²) in [4.78, 5) is 12.1. The maximum atomic E-state index is 13.0. The third-order valence-corrected chi connectivity index (χ3v) is 6.87. The maximum absolute atomic E-state index is 13.0. The van der Waals surface area contributed by atoms with Crippen LogP contribution in [0.25, 0.3) is 11.5 Å². The average Bonchev–Trinajstić information content (AvgIpc) is 3.23. The van der Waals surface area contributed by atoms with Crippen LogP contribution in [0.4, 0.5) is 10.1 Å². The molecule has 3 aromatic rings. The number of hydrogen-bond donors (Lipinski definition) is 0. The van der Waals surface area contributed by atoms with Gasteiger partial charge < -0.3 is 4.42 Å². The van der Waals surface area contributed by atoms with Crippen LogP contribution in [0, 0.1) is 15.9 Å². The van der Waals surface area contributed by atoms with Crippen molar-refractivity contribution in [1.82, 2.24) is 19.4 Å². The molecule has 1 aromatic heterocycles. The molecule has 0 unspecified atom stereocenters. The first kappa shape index (κ1) is 21.0. The zero-order valence-electron chi connectivity index (χ0n) is 16.2. The predicted molar refractivity (Wildman–Crippen MR) is 107 cm³/mol. The van der Waals surface area contributed by atoms with Crippen LogP contribution >= 0.6 is 0 Å². The molecule has 0 aliphatic carbocycles. The van der Waals surface area contributed by atoms with Crippen molar-refractivity contribution in [2.24, 2.45) is 0 Å². The van der Waals surface area contributed by atoms with Gasteiger partial charge in [0.05, 0.1) is 11.5 Å². The first-order valence-corrected chi connectivity index (χ1v) is 10.8. The zero-order chi connectivity index (χ0) is 22.0. The summed E-state index contributed by atoms with van der Waals surface area (Å²) >= 11 is 0. The number of nitro groups is 1. The molecule has 0 saturated carbocycles. The third kappa shape index (κ3) is 4.45. The lowest BCUT2D eigenvalue weighted by Gasteiger charge is -2.33. The summed E-state index contributed by atoms with van der Waals surface area (Å²) < 4.78 is 45.7. The van der Waals surface area contributed by atoms with Gasteiger partial charge >= 0.3 is 0 Å². The Morgan fingerprint density at radius 2 is 1.71 bits per heavy atom. The Labute approximate surface area is 177 Å². The lowest BCUT2D eigenvalue weighted by Crippen LogP contribution is -2.48. The number of hydrogen-bond acceptors (Lipinski definition) is 8. The number of benzene rings is 2. The molecule has 1 fully saturated rings. The Morgan fingerprint density at radius 3 is 2.39 bits per heavy atom. The molecule has 1 aliphatic heterocycles. The van der Waals surface area contributed by atoms with E-state index >= 15 is 0 Å².